The maximum atomic E-state index is 12.2. The van der Waals surface area contributed by atoms with Crippen molar-refractivity contribution in [3.63, 3.8) is 0 Å². The van der Waals surface area contributed by atoms with Crippen molar-refractivity contribution in [3.8, 4) is 0 Å². The second kappa shape index (κ2) is 5.72. The Morgan fingerprint density at radius 1 is 1.36 bits per heavy atom. The van der Waals surface area contributed by atoms with E-state index in [4.69, 9.17) is 0 Å². The molecule has 2 aromatic heterocycles. The zero-order valence-electron chi connectivity index (χ0n) is 12.2. The average Bonchev–Trinajstić information content (AvgIpc) is 2.51. The molecular formula is C15H17N5OS. The molecule has 0 unspecified atom stereocenters. The standard InChI is InChI=1S/C15H17N5OS/c21-15-5-12-9-22-4-2-13(12)18-20(15)8-11-6-19(7-11)14-1-3-16-10-17-14/h1,3,5,10-11H,2,4,6-9H2. The predicted molar refractivity (Wildman–Crippen MR) is 86.1 cm³/mol. The molecule has 0 N–H and O–H groups in total. The summed E-state index contributed by atoms with van der Waals surface area (Å²) in [7, 11) is 0. The first kappa shape index (κ1) is 13.8. The topological polar surface area (TPSA) is 63.9 Å². The molecule has 6 nitrogen and oxygen atoms in total. The summed E-state index contributed by atoms with van der Waals surface area (Å²) in [6, 6.07) is 3.69. The second-order valence-corrected chi connectivity index (χ2v) is 6.88. The van der Waals surface area contributed by atoms with Gasteiger partial charge in [0.2, 0.25) is 0 Å². The Bertz CT molecular complexity index is 726. The molecule has 0 bridgehead atoms. The summed E-state index contributed by atoms with van der Waals surface area (Å²) >= 11 is 1.87. The first-order valence-corrected chi connectivity index (χ1v) is 8.64. The lowest BCUT2D eigenvalue weighted by atomic mass is 10.0. The molecule has 0 atom stereocenters. The van der Waals surface area contributed by atoms with Gasteiger partial charge in [0, 0.05) is 43.4 Å². The van der Waals surface area contributed by atoms with Gasteiger partial charge < -0.3 is 4.90 Å². The van der Waals surface area contributed by atoms with Gasteiger partial charge in [-0.1, -0.05) is 0 Å². The highest BCUT2D eigenvalue weighted by molar-refractivity contribution is 7.98. The number of thioether (sulfide) groups is 1. The van der Waals surface area contributed by atoms with Crippen LogP contribution < -0.4 is 10.5 Å². The predicted octanol–water partition coefficient (Wildman–Crippen LogP) is 0.959. The normalized spacial score (nSPS) is 17.9. The molecule has 1 saturated heterocycles. The number of anilines is 1. The quantitative estimate of drug-likeness (QED) is 0.840. The summed E-state index contributed by atoms with van der Waals surface area (Å²) in [6.45, 7) is 2.52. The third-order valence-corrected chi connectivity index (χ3v) is 5.19. The van der Waals surface area contributed by atoms with E-state index in [9.17, 15) is 4.79 Å². The molecule has 4 rings (SSSR count). The van der Waals surface area contributed by atoms with Crippen molar-refractivity contribution in [2.24, 2.45) is 5.92 Å². The summed E-state index contributed by atoms with van der Waals surface area (Å²) in [5.41, 5.74) is 2.25. The van der Waals surface area contributed by atoms with Crippen LogP contribution in [0.5, 0.6) is 0 Å². The Hall–Kier alpha value is -1.89. The molecule has 1 fully saturated rings. The van der Waals surface area contributed by atoms with Crippen molar-refractivity contribution in [1.82, 2.24) is 19.7 Å². The molecule has 22 heavy (non-hydrogen) atoms. The van der Waals surface area contributed by atoms with E-state index >= 15 is 0 Å². The van der Waals surface area contributed by atoms with Gasteiger partial charge in [0.05, 0.1) is 12.2 Å². The molecule has 0 amide bonds. The number of rotatable bonds is 3. The van der Waals surface area contributed by atoms with E-state index in [1.807, 2.05) is 17.8 Å². The van der Waals surface area contributed by atoms with Gasteiger partial charge in [0.25, 0.3) is 5.56 Å². The molecule has 0 aliphatic carbocycles. The molecule has 114 valence electrons. The number of hydrogen-bond donors (Lipinski definition) is 0. The van der Waals surface area contributed by atoms with Gasteiger partial charge in [-0.25, -0.2) is 14.6 Å². The van der Waals surface area contributed by atoms with Crippen LogP contribution in [-0.2, 0) is 18.7 Å². The Morgan fingerprint density at radius 2 is 2.27 bits per heavy atom. The van der Waals surface area contributed by atoms with E-state index in [1.54, 1.807) is 23.3 Å². The van der Waals surface area contributed by atoms with Crippen LogP contribution in [0.15, 0.2) is 29.5 Å². The molecule has 7 heteroatoms. The molecular weight excluding hydrogens is 298 g/mol. The van der Waals surface area contributed by atoms with Crippen LogP contribution in [0.4, 0.5) is 5.82 Å². The fourth-order valence-electron chi connectivity index (χ4n) is 2.97. The maximum absolute atomic E-state index is 12.2. The Morgan fingerprint density at radius 3 is 3.09 bits per heavy atom. The largest absolute Gasteiger partial charge is 0.356 e. The van der Waals surface area contributed by atoms with E-state index in [0.29, 0.717) is 12.5 Å². The highest BCUT2D eigenvalue weighted by atomic mass is 32.2. The van der Waals surface area contributed by atoms with Gasteiger partial charge >= 0.3 is 0 Å². The molecule has 4 heterocycles. The first-order valence-electron chi connectivity index (χ1n) is 7.48. The van der Waals surface area contributed by atoms with Gasteiger partial charge in [-0.2, -0.15) is 16.9 Å². The fraction of sp³-hybridized carbons (Fsp3) is 0.467. The van der Waals surface area contributed by atoms with Gasteiger partial charge in [0.15, 0.2) is 0 Å². The number of fused-ring (bicyclic) bond motifs is 1. The second-order valence-electron chi connectivity index (χ2n) is 5.78. The highest BCUT2D eigenvalue weighted by Gasteiger charge is 2.28. The highest BCUT2D eigenvalue weighted by Crippen LogP contribution is 2.24. The summed E-state index contributed by atoms with van der Waals surface area (Å²) in [5.74, 6) is 3.43. The Balaban J connectivity index is 1.44. The van der Waals surface area contributed by atoms with E-state index in [2.05, 4.69) is 20.0 Å². The van der Waals surface area contributed by atoms with Crippen molar-refractivity contribution in [2.45, 2.75) is 18.7 Å². The molecule has 0 radical (unpaired) electrons. The van der Waals surface area contributed by atoms with Crippen LogP contribution in [0.1, 0.15) is 11.3 Å². The monoisotopic (exact) mass is 315 g/mol. The fourth-order valence-corrected chi connectivity index (χ4v) is 3.92. The molecule has 2 aliphatic heterocycles. The van der Waals surface area contributed by atoms with E-state index < -0.39 is 0 Å². The van der Waals surface area contributed by atoms with Crippen molar-refractivity contribution >= 4 is 17.6 Å². The molecule has 2 aliphatic rings. The Labute approximate surface area is 132 Å². The molecule has 2 aromatic rings. The third-order valence-electron chi connectivity index (χ3n) is 4.18. The molecule has 0 spiro atoms. The van der Waals surface area contributed by atoms with Crippen molar-refractivity contribution in [3.05, 3.63) is 46.3 Å². The van der Waals surface area contributed by atoms with Crippen LogP contribution in [0.3, 0.4) is 0 Å². The van der Waals surface area contributed by atoms with E-state index in [0.717, 1.165) is 48.1 Å². The van der Waals surface area contributed by atoms with Crippen LogP contribution in [0.2, 0.25) is 0 Å². The summed E-state index contributed by atoms with van der Waals surface area (Å²) in [6.07, 6.45) is 4.29. The van der Waals surface area contributed by atoms with Crippen molar-refractivity contribution in [1.29, 1.82) is 0 Å². The zero-order chi connectivity index (χ0) is 14.9. The van der Waals surface area contributed by atoms with Gasteiger partial charge in [-0.05, 0) is 17.4 Å². The number of aromatic nitrogens is 4. The van der Waals surface area contributed by atoms with Gasteiger partial charge in [0.1, 0.15) is 12.1 Å². The summed E-state index contributed by atoms with van der Waals surface area (Å²) < 4.78 is 1.65. The van der Waals surface area contributed by atoms with E-state index in [-0.39, 0.29) is 5.56 Å². The molecule has 0 aromatic carbocycles. The van der Waals surface area contributed by atoms with E-state index in [1.165, 1.54) is 0 Å². The van der Waals surface area contributed by atoms with Crippen LogP contribution >= 0.6 is 11.8 Å². The SMILES string of the molecule is O=c1cc2c(nn1CC1CN(c3ccncn3)C1)CCSC2. The number of aryl methyl sites for hydroxylation is 1. The number of hydrogen-bond acceptors (Lipinski definition) is 6. The minimum absolute atomic E-state index is 0.0294. The smallest absolute Gasteiger partial charge is 0.267 e. The Kier molecular flexibility index (Phi) is 3.57. The van der Waals surface area contributed by atoms with Crippen molar-refractivity contribution in [2.75, 3.05) is 23.7 Å². The summed E-state index contributed by atoms with van der Waals surface area (Å²) in [4.78, 5) is 22.6. The maximum Gasteiger partial charge on any atom is 0.267 e. The van der Waals surface area contributed by atoms with Crippen LogP contribution in [-0.4, -0.2) is 38.6 Å². The minimum Gasteiger partial charge on any atom is -0.356 e. The minimum atomic E-state index is 0.0294. The molecule has 0 saturated carbocycles. The average molecular weight is 315 g/mol. The van der Waals surface area contributed by atoms with Gasteiger partial charge in [-0.3, -0.25) is 4.79 Å². The first-order chi connectivity index (χ1) is 10.8. The third kappa shape index (κ3) is 2.61. The van der Waals surface area contributed by atoms with Gasteiger partial charge in [-0.15, -0.1) is 0 Å². The lowest BCUT2D eigenvalue weighted by molar-refractivity contribution is 0.331. The lowest BCUT2D eigenvalue weighted by Crippen LogP contribution is -2.50. The van der Waals surface area contributed by atoms with Crippen molar-refractivity contribution < 1.29 is 0 Å². The van der Waals surface area contributed by atoms with Crippen LogP contribution in [0, 0.1) is 5.92 Å². The zero-order valence-corrected chi connectivity index (χ0v) is 13.0. The van der Waals surface area contributed by atoms with Crippen LogP contribution in [0.25, 0.3) is 0 Å². The number of nitrogens with zero attached hydrogens (tertiary/aromatic N) is 5. The summed E-state index contributed by atoms with van der Waals surface area (Å²) in [5, 5.41) is 4.58. The lowest BCUT2D eigenvalue weighted by Gasteiger charge is -2.40.